The Kier molecular flexibility index (Phi) is 4.91. The molecule has 0 saturated carbocycles. The first kappa shape index (κ1) is 17.0. The van der Waals surface area contributed by atoms with Gasteiger partial charge in [-0.25, -0.2) is 13.1 Å². The fraction of sp³-hybridized carbons (Fsp3) is 0.125. The van der Waals surface area contributed by atoms with Gasteiger partial charge in [0.05, 0.1) is 11.2 Å². The Morgan fingerprint density at radius 1 is 1.08 bits per heavy atom. The van der Waals surface area contributed by atoms with Gasteiger partial charge in [0.15, 0.2) is 11.5 Å². The van der Waals surface area contributed by atoms with Crippen LogP contribution in [-0.2, 0) is 10.0 Å². The first-order valence-electron chi connectivity index (χ1n) is 7.03. The van der Waals surface area contributed by atoms with Gasteiger partial charge in [-0.2, -0.15) is 0 Å². The van der Waals surface area contributed by atoms with Crippen LogP contribution in [0.5, 0.6) is 0 Å². The van der Waals surface area contributed by atoms with Crippen molar-refractivity contribution >= 4 is 26.0 Å². The van der Waals surface area contributed by atoms with Crippen LogP contribution in [0.1, 0.15) is 11.9 Å². The molecule has 6 nitrogen and oxygen atoms in total. The monoisotopic (exact) mass is 411 g/mol. The lowest BCUT2D eigenvalue weighted by Crippen LogP contribution is -2.28. The maximum Gasteiger partial charge on any atom is 0.241 e. The largest absolute Gasteiger partial charge is 0.461 e. The van der Waals surface area contributed by atoms with Gasteiger partial charge in [0.1, 0.15) is 11.9 Å². The molecule has 126 valence electrons. The van der Waals surface area contributed by atoms with Crippen molar-refractivity contribution in [2.45, 2.75) is 11.0 Å². The number of rotatable bonds is 6. The highest BCUT2D eigenvalue weighted by Gasteiger charge is 2.21. The van der Waals surface area contributed by atoms with Crippen molar-refractivity contribution in [3.8, 4) is 11.5 Å². The highest BCUT2D eigenvalue weighted by molar-refractivity contribution is 9.10. The zero-order chi connectivity index (χ0) is 17.2. The number of furan rings is 2. The normalized spacial score (nSPS) is 13.1. The smallest absolute Gasteiger partial charge is 0.241 e. The lowest BCUT2D eigenvalue weighted by Gasteiger charge is -2.11. The molecule has 2 N–H and O–H groups in total. The van der Waals surface area contributed by atoms with Crippen LogP contribution in [0.3, 0.4) is 0 Å². The lowest BCUT2D eigenvalue weighted by atomic mass is 10.3. The van der Waals surface area contributed by atoms with Crippen LogP contribution >= 0.6 is 15.9 Å². The highest BCUT2D eigenvalue weighted by atomic mass is 79.9. The summed E-state index contributed by atoms with van der Waals surface area (Å²) >= 11 is 3.20. The Hall–Kier alpha value is -1.87. The molecule has 0 aliphatic carbocycles. The van der Waals surface area contributed by atoms with E-state index in [1.165, 1.54) is 12.3 Å². The average Bonchev–Trinajstić information content (AvgIpc) is 3.23. The second-order valence-corrected chi connectivity index (χ2v) is 7.57. The fourth-order valence-corrected chi connectivity index (χ4v) is 4.15. The summed E-state index contributed by atoms with van der Waals surface area (Å²) in [5.74, 6) is 1.24. The average molecular weight is 412 g/mol. The van der Waals surface area contributed by atoms with E-state index in [0.29, 0.717) is 16.0 Å². The molecule has 0 radical (unpaired) electrons. The van der Waals surface area contributed by atoms with Gasteiger partial charge in [0.25, 0.3) is 0 Å². The summed E-state index contributed by atoms with van der Waals surface area (Å²) in [5.41, 5.74) is 0. The molecule has 2 aromatic heterocycles. The van der Waals surface area contributed by atoms with Crippen molar-refractivity contribution in [3.63, 3.8) is 0 Å². The van der Waals surface area contributed by atoms with Crippen molar-refractivity contribution < 1.29 is 22.4 Å². The number of sulfonamides is 1. The van der Waals surface area contributed by atoms with Gasteiger partial charge < -0.3 is 13.9 Å². The van der Waals surface area contributed by atoms with E-state index in [0.717, 1.165) is 0 Å². The molecule has 0 bridgehead atoms. The summed E-state index contributed by atoms with van der Waals surface area (Å²) in [6.07, 6.45) is 0.394. The molecule has 0 amide bonds. The van der Waals surface area contributed by atoms with Crippen LogP contribution in [0, 0.1) is 0 Å². The predicted octanol–water partition coefficient (Wildman–Crippen LogP) is 3.31. The van der Waals surface area contributed by atoms with Crippen molar-refractivity contribution in [1.82, 2.24) is 4.72 Å². The molecule has 3 rings (SSSR count). The van der Waals surface area contributed by atoms with Gasteiger partial charge in [0, 0.05) is 11.0 Å². The van der Waals surface area contributed by atoms with E-state index in [1.54, 1.807) is 42.5 Å². The lowest BCUT2D eigenvalue weighted by molar-refractivity contribution is 0.154. The molecule has 0 spiro atoms. The van der Waals surface area contributed by atoms with Crippen LogP contribution in [0.25, 0.3) is 11.5 Å². The summed E-state index contributed by atoms with van der Waals surface area (Å²) in [7, 11) is -3.75. The van der Waals surface area contributed by atoms with E-state index in [4.69, 9.17) is 8.83 Å². The Balaban J connectivity index is 1.69. The Morgan fingerprint density at radius 3 is 2.58 bits per heavy atom. The second-order valence-electron chi connectivity index (χ2n) is 4.98. The minimum absolute atomic E-state index is 0.105. The van der Waals surface area contributed by atoms with Gasteiger partial charge in [-0.15, -0.1) is 0 Å². The fourth-order valence-electron chi connectivity index (χ4n) is 2.11. The first-order chi connectivity index (χ1) is 11.5. The molecule has 0 aliphatic heterocycles. The quantitative estimate of drug-likeness (QED) is 0.648. The molecular weight excluding hydrogens is 398 g/mol. The van der Waals surface area contributed by atoms with Gasteiger partial charge in [-0.05, 0) is 52.3 Å². The molecule has 0 saturated heterocycles. The maximum atomic E-state index is 12.3. The van der Waals surface area contributed by atoms with Crippen LogP contribution in [0.2, 0.25) is 0 Å². The van der Waals surface area contributed by atoms with Crippen molar-refractivity contribution in [3.05, 3.63) is 65.0 Å². The third-order valence-corrected chi connectivity index (χ3v) is 5.75. The third-order valence-electron chi connectivity index (χ3n) is 3.31. The number of hydrogen-bond acceptors (Lipinski definition) is 5. The topological polar surface area (TPSA) is 92.7 Å². The minimum Gasteiger partial charge on any atom is -0.461 e. The van der Waals surface area contributed by atoms with Crippen LogP contribution in [-0.4, -0.2) is 20.1 Å². The molecular formula is C16H14BrNO5S. The standard InChI is InChI=1S/C16H14BrNO5S/c17-11-4-1-2-6-16(11)24(20,21)18-10-12(19)13-7-8-15(23-13)14-5-3-9-22-14/h1-9,12,18-19H,10H2. The van der Waals surface area contributed by atoms with E-state index in [1.807, 2.05) is 0 Å². The van der Waals surface area contributed by atoms with E-state index in [2.05, 4.69) is 20.7 Å². The van der Waals surface area contributed by atoms with Gasteiger partial charge in [0.2, 0.25) is 10.0 Å². The molecule has 0 fully saturated rings. The number of benzene rings is 1. The van der Waals surface area contributed by atoms with E-state index in [-0.39, 0.29) is 17.2 Å². The van der Waals surface area contributed by atoms with Crippen molar-refractivity contribution in [1.29, 1.82) is 0 Å². The van der Waals surface area contributed by atoms with E-state index < -0.39 is 16.1 Å². The van der Waals surface area contributed by atoms with Gasteiger partial charge in [-0.3, -0.25) is 0 Å². The van der Waals surface area contributed by atoms with Crippen LogP contribution in [0.15, 0.2) is 73.0 Å². The number of halogens is 1. The number of nitrogens with one attached hydrogen (secondary N) is 1. The molecule has 3 aromatic rings. The summed E-state index contributed by atoms with van der Waals surface area (Å²) < 4.78 is 38.1. The molecule has 2 heterocycles. The summed E-state index contributed by atoms with van der Waals surface area (Å²) in [6.45, 7) is -0.214. The van der Waals surface area contributed by atoms with Crippen LogP contribution in [0.4, 0.5) is 0 Å². The Morgan fingerprint density at radius 2 is 1.88 bits per heavy atom. The minimum atomic E-state index is -3.75. The highest BCUT2D eigenvalue weighted by Crippen LogP contribution is 2.26. The summed E-state index contributed by atoms with van der Waals surface area (Å²) in [6, 6.07) is 13.1. The second kappa shape index (κ2) is 6.94. The van der Waals surface area contributed by atoms with E-state index >= 15 is 0 Å². The first-order valence-corrected chi connectivity index (χ1v) is 9.31. The van der Waals surface area contributed by atoms with Crippen molar-refractivity contribution in [2.75, 3.05) is 6.54 Å². The Labute approximate surface area is 147 Å². The number of aliphatic hydroxyl groups is 1. The molecule has 0 aliphatic rings. The third kappa shape index (κ3) is 3.62. The summed E-state index contributed by atoms with van der Waals surface area (Å²) in [4.78, 5) is 0.105. The zero-order valence-corrected chi connectivity index (χ0v) is 14.7. The molecule has 24 heavy (non-hydrogen) atoms. The molecule has 8 heteroatoms. The number of hydrogen-bond donors (Lipinski definition) is 2. The summed E-state index contributed by atoms with van der Waals surface area (Å²) in [5, 5.41) is 10.1. The molecule has 1 aromatic carbocycles. The van der Waals surface area contributed by atoms with Gasteiger partial charge >= 0.3 is 0 Å². The van der Waals surface area contributed by atoms with E-state index in [9.17, 15) is 13.5 Å². The Bertz CT molecular complexity index is 918. The SMILES string of the molecule is O=S(=O)(NCC(O)c1ccc(-c2ccco2)o1)c1ccccc1Br. The maximum absolute atomic E-state index is 12.3. The van der Waals surface area contributed by atoms with Gasteiger partial charge in [-0.1, -0.05) is 12.1 Å². The zero-order valence-electron chi connectivity index (χ0n) is 12.3. The molecule has 1 unspecified atom stereocenters. The predicted molar refractivity (Wildman–Crippen MR) is 90.7 cm³/mol. The molecule has 1 atom stereocenters. The van der Waals surface area contributed by atoms with Crippen molar-refractivity contribution in [2.24, 2.45) is 0 Å². The van der Waals surface area contributed by atoms with Crippen LogP contribution < -0.4 is 4.72 Å². The number of aliphatic hydroxyl groups excluding tert-OH is 1.